The largest absolute Gasteiger partial charge is 0.444 e. The number of benzene rings is 2. The summed E-state index contributed by atoms with van der Waals surface area (Å²) in [6, 6.07) is 21.4. The highest BCUT2D eigenvalue weighted by Gasteiger charge is 2.21. The Labute approximate surface area is 180 Å². The molecule has 0 saturated heterocycles. The standard InChI is InChI=1S/C24H24N4O3/c1-24(2,3)31-23(29)25-15-18-14-19(28-27-18)21-20(16-10-6-4-7-11-16)26-22(30-21)17-12-8-5-9-13-17/h4-14H,15H2,1-3H3,(H,25,29)(H,27,28). The van der Waals surface area contributed by atoms with E-state index in [0.29, 0.717) is 23.0 Å². The maximum atomic E-state index is 11.9. The number of ether oxygens (including phenoxy) is 1. The number of aromatic nitrogens is 3. The molecule has 31 heavy (non-hydrogen) atoms. The van der Waals surface area contributed by atoms with Crippen molar-refractivity contribution in [1.82, 2.24) is 20.5 Å². The lowest BCUT2D eigenvalue weighted by atomic mass is 10.1. The van der Waals surface area contributed by atoms with Crippen molar-refractivity contribution >= 4 is 6.09 Å². The SMILES string of the molecule is CC(C)(C)OC(=O)NCc1cc(-c2oc(-c3ccccc3)nc2-c2ccccc2)n[nH]1. The molecule has 0 aliphatic carbocycles. The van der Waals surface area contributed by atoms with Crippen LogP contribution in [0.4, 0.5) is 4.79 Å². The molecule has 4 rings (SSSR count). The zero-order chi connectivity index (χ0) is 21.8. The third-order valence-electron chi connectivity index (χ3n) is 4.38. The van der Waals surface area contributed by atoms with Crippen LogP contribution < -0.4 is 5.32 Å². The van der Waals surface area contributed by atoms with E-state index < -0.39 is 11.7 Å². The van der Waals surface area contributed by atoms with Crippen LogP contribution in [0.1, 0.15) is 26.5 Å². The topological polar surface area (TPSA) is 93.0 Å². The summed E-state index contributed by atoms with van der Waals surface area (Å²) in [4.78, 5) is 16.7. The van der Waals surface area contributed by atoms with E-state index in [-0.39, 0.29) is 6.54 Å². The predicted octanol–water partition coefficient (Wildman–Crippen LogP) is 5.42. The molecule has 0 radical (unpaired) electrons. The van der Waals surface area contributed by atoms with Gasteiger partial charge in [-0.2, -0.15) is 5.10 Å². The van der Waals surface area contributed by atoms with Gasteiger partial charge in [-0.25, -0.2) is 9.78 Å². The van der Waals surface area contributed by atoms with Gasteiger partial charge in [-0.15, -0.1) is 0 Å². The highest BCUT2D eigenvalue weighted by Crippen LogP contribution is 2.35. The first kappa shape index (κ1) is 20.4. The molecule has 7 heteroatoms. The Morgan fingerprint density at radius 2 is 1.68 bits per heavy atom. The van der Waals surface area contributed by atoms with Crippen LogP contribution in [0.3, 0.4) is 0 Å². The van der Waals surface area contributed by atoms with E-state index in [0.717, 1.165) is 16.8 Å². The Balaban J connectivity index is 1.62. The number of carbonyl (C=O) groups excluding carboxylic acids is 1. The summed E-state index contributed by atoms with van der Waals surface area (Å²) in [5, 5.41) is 10.0. The number of aromatic amines is 1. The number of nitrogens with one attached hydrogen (secondary N) is 2. The lowest BCUT2D eigenvalue weighted by molar-refractivity contribution is 0.0523. The lowest BCUT2D eigenvalue weighted by Crippen LogP contribution is -2.32. The predicted molar refractivity (Wildman–Crippen MR) is 118 cm³/mol. The molecule has 7 nitrogen and oxygen atoms in total. The molecule has 0 spiro atoms. The monoisotopic (exact) mass is 416 g/mol. The van der Waals surface area contributed by atoms with Gasteiger partial charge >= 0.3 is 6.09 Å². The smallest absolute Gasteiger partial charge is 0.407 e. The first-order valence-electron chi connectivity index (χ1n) is 10.0. The summed E-state index contributed by atoms with van der Waals surface area (Å²) < 4.78 is 11.4. The van der Waals surface area contributed by atoms with Crippen LogP contribution >= 0.6 is 0 Å². The fourth-order valence-corrected chi connectivity index (χ4v) is 3.04. The average molecular weight is 416 g/mol. The molecule has 0 unspecified atom stereocenters. The summed E-state index contributed by atoms with van der Waals surface area (Å²) in [6.07, 6.45) is -0.486. The quantitative estimate of drug-likeness (QED) is 0.453. The number of hydrogen-bond donors (Lipinski definition) is 2. The minimum atomic E-state index is -0.554. The van der Waals surface area contributed by atoms with E-state index in [1.807, 2.05) is 87.5 Å². The molecular weight excluding hydrogens is 392 g/mol. The van der Waals surface area contributed by atoms with Crippen molar-refractivity contribution in [1.29, 1.82) is 0 Å². The number of hydrogen-bond acceptors (Lipinski definition) is 5. The molecule has 0 aliphatic heterocycles. The number of rotatable bonds is 5. The highest BCUT2D eigenvalue weighted by molar-refractivity contribution is 5.77. The molecule has 2 N–H and O–H groups in total. The number of H-pyrrole nitrogens is 1. The molecule has 2 aromatic carbocycles. The van der Waals surface area contributed by atoms with Gasteiger partial charge in [0.05, 0.1) is 12.2 Å². The number of oxazole rings is 1. The number of nitrogens with zero attached hydrogens (tertiary/aromatic N) is 2. The summed E-state index contributed by atoms with van der Waals surface area (Å²) >= 11 is 0. The maximum Gasteiger partial charge on any atom is 0.407 e. The van der Waals surface area contributed by atoms with E-state index in [2.05, 4.69) is 15.5 Å². The van der Waals surface area contributed by atoms with Gasteiger partial charge in [-0.3, -0.25) is 5.10 Å². The third-order valence-corrected chi connectivity index (χ3v) is 4.38. The molecule has 2 heterocycles. The third kappa shape index (κ3) is 5.01. The molecular formula is C24H24N4O3. The Morgan fingerprint density at radius 1 is 1.03 bits per heavy atom. The second-order valence-corrected chi connectivity index (χ2v) is 8.06. The second kappa shape index (κ2) is 8.47. The van der Waals surface area contributed by atoms with E-state index in [4.69, 9.17) is 14.1 Å². The van der Waals surface area contributed by atoms with Crippen LogP contribution in [0.5, 0.6) is 0 Å². The van der Waals surface area contributed by atoms with Gasteiger partial charge in [0.1, 0.15) is 17.0 Å². The summed E-state index contributed by atoms with van der Waals surface area (Å²) in [7, 11) is 0. The molecule has 0 saturated carbocycles. The molecule has 0 atom stereocenters. The van der Waals surface area contributed by atoms with Crippen molar-refractivity contribution < 1.29 is 13.9 Å². The number of alkyl carbamates (subject to hydrolysis) is 1. The second-order valence-electron chi connectivity index (χ2n) is 8.06. The highest BCUT2D eigenvalue weighted by atomic mass is 16.6. The zero-order valence-corrected chi connectivity index (χ0v) is 17.7. The Morgan fingerprint density at radius 3 is 2.32 bits per heavy atom. The summed E-state index contributed by atoms with van der Waals surface area (Å²) in [6.45, 7) is 5.71. The normalized spacial score (nSPS) is 11.3. The molecule has 0 fully saturated rings. The summed E-state index contributed by atoms with van der Waals surface area (Å²) in [5.74, 6) is 1.08. The molecule has 2 aromatic heterocycles. The molecule has 0 bridgehead atoms. The van der Waals surface area contributed by atoms with E-state index >= 15 is 0 Å². The maximum absolute atomic E-state index is 11.9. The number of amides is 1. The van der Waals surface area contributed by atoms with Crippen molar-refractivity contribution in [3.05, 3.63) is 72.4 Å². The van der Waals surface area contributed by atoms with Crippen LogP contribution in [0, 0.1) is 0 Å². The Bertz CT molecular complexity index is 1160. The van der Waals surface area contributed by atoms with Crippen LogP contribution in [0.2, 0.25) is 0 Å². The van der Waals surface area contributed by atoms with Gasteiger partial charge in [0.25, 0.3) is 0 Å². The molecule has 4 aromatic rings. The zero-order valence-electron chi connectivity index (χ0n) is 17.7. The van der Waals surface area contributed by atoms with Gasteiger partial charge in [0.15, 0.2) is 5.76 Å². The Kier molecular flexibility index (Phi) is 5.58. The van der Waals surface area contributed by atoms with Crippen LogP contribution in [-0.4, -0.2) is 26.9 Å². The minimum absolute atomic E-state index is 0.252. The van der Waals surface area contributed by atoms with Crippen molar-refractivity contribution in [2.75, 3.05) is 0 Å². The lowest BCUT2D eigenvalue weighted by Gasteiger charge is -2.19. The van der Waals surface area contributed by atoms with E-state index in [1.54, 1.807) is 0 Å². The fraction of sp³-hybridized carbons (Fsp3) is 0.208. The molecule has 0 aliphatic rings. The van der Waals surface area contributed by atoms with Crippen molar-refractivity contribution in [2.45, 2.75) is 32.9 Å². The first-order chi connectivity index (χ1) is 14.9. The first-order valence-corrected chi connectivity index (χ1v) is 10.0. The van der Waals surface area contributed by atoms with Gasteiger partial charge in [-0.05, 0) is 39.0 Å². The van der Waals surface area contributed by atoms with E-state index in [9.17, 15) is 4.79 Å². The van der Waals surface area contributed by atoms with Crippen molar-refractivity contribution in [3.63, 3.8) is 0 Å². The van der Waals surface area contributed by atoms with Gasteiger partial charge in [0.2, 0.25) is 5.89 Å². The minimum Gasteiger partial charge on any atom is -0.444 e. The summed E-state index contributed by atoms with van der Waals surface area (Å²) in [5.41, 5.74) is 3.29. The van der Waals surface area contributed by atoms with Crippen LogP contribution in [-0.2, 0) is 11.3 Å². The molecule has 158 valence electrons. The van der Waals surface area contributed by atoms with Gasteiger partial charge < -0.3 is 14.5 Å². The fourth-order valence-electron chi connectivity index (χ4n) is 3.04. The van der Waals surface area contributed by atoms with Gasteiger partial charge in [-0.1, -0.05) is 48.5 Å². The van der Waals surface area contributed by atoms with E-state index in [1.165, 1.54) is 0 Å². The van der Waals surface area contributed by atoms with Crippen LogP contribution in [0.25, 0.3) is 34.2 Å². The number of carbonyl (C=O) groups is 1. The van der Waals surface area contributed by atoms with Crippen molar-refractivity contribution in [2.24, 2.45) is 0 Å². The average Bonchev–Trinajstić information content (AvgIpc) is 3.39. The van der Waals surface area contributed by atoms with Crippen LogP contribution in [0.15, 0.2) is 71.1 Å². The van der Waals surface area contributed by atoms with Crippen molar-refractivity contribution in [3.8, 4) is 34.2 Å². The van der Waals surface area contributed by atoms with Gasteiger partial charge in [0, 0.05) is 11.1 Å². The molecule has 1 amide bonds. The Hall–Kier alpha value is -3.87.